The number of rotatable bonds is 3. The van der Waals surface area contributed by atoms with E-state index in [1.165, 1.54) is 34.5 Å². The summed E-state index contributed by atoms with van der Waals surface area (Å²) in [7, 11) is 6.31. The molecule has 0 saturated heterocycles. The van der Waals surface area contributed by atoms with E-state index in [0.29, 0.717) is 5.92 Å². The van der Waals surface area contributed by atoms with Crippen molar-refractivity contribution in [1.29, 1.82) is 0 Å². The van der Waals surface area contributed by atoms with Crippen molar-refractivity contribution < 1.29 is 0 Å². The van der Waals surface area contributed by atoms with Gasteiger partial charge in [0.2, 0.25) is 0 Å². The minimum Gasteiger partial charge on any atom is -0.378 e. The van der Waals surface area contributed by atoms with E-state index in [1.54, 1.807) is 0 Å². The van der Waals surface area contributed by atoms with Gasteiger partial charge in [0.1, 0.15) is 0 Å². The van der Waals surface area contributed by atoms with Crippen LogP contribution in [0.15, 0.2) is 41.4 Å². The molecule has 138 valence electrons. The molecular weight excluding hydrogens is 318 g/mol. The highest BCUT2D eigenvalue weighted by Crippen LogP contribution is 2.43. The van der Waals surface area contributed by atoms with Crippen LogP contribution in [0.2, 0.25) is 0 Å². The molecule has 0 saturated carbocycles. The van der Waals surface area contributed by atoms with Gasteiger partial charge >= 0.3 is 0 Å². The fraction of sp³-hybridized carbons (Fsp3) is 0.435. The van der Waals surface area contributed by atoms with Crippen LogP contribution in [0, 0.1) is 6.92 Å². The van der Waals surface area contributed by atoms with E-state index >= 15 is 0 Å². The van der Waals surface area contributed by atoms with Gasteiger partial charge in [-0.1, -0.05) is 6.92 Å². The third-order valence-electron chi connectivity index (χ3n) is 5.74. The van der Waals surface area contributed by atoms with E-state index in [1.807, 2.05) is 20.3 Å². The Morgan fingerprint density at radius 2 is 1.81 bits per heavy atom. The average Bonchev–Trinajstić information content (AvgIpc) is 2.58. The van der Waals surface area contributed by atoms with Gasteiger partial charge in [0, 0.05) is 44.3 Å². The molecule has 1 heterocycles. The van der Waals surface area contributed by atoms with Gasteiger partial charge in [-0.3, -0.25) is 4.99 Å². The Balaban J connectivity index is 1.91. The van der Waals surface area contributed by atoms with Crippen molar-refractivity contribution in [2.75, 3.05) is 30.9 Å². The molecule has 1 aliphatic rings. The van der Waals surface area contributed by atoms with Gasteiger partial charge in [0.15, 0.2) is 0 Å². The molecular formula is C23H31N3. The van der Waals surface area contributed by atoms with Crippen LogP contribution in [-0.4, -0.2) is 32.9 Å². The lowest BCUT2D eigenvalue weighted by atomic mass is 9.79. The lowest BCUT2D eigenvalue weighted by Gasteiger charge is -2.45. The Morgan fingerprint density at radius 3 is 2.42 bits per heavy atom. The number of hydrogen-bond donors (Lipinski definition) is 0. The van der Waals surface area contributed by atoms with Crippen LogP contribution < -0.4 is 9.80 Å². The largest absolute Gasteiger partial charge is 0.378 e. The third kappa shape index (κ3) is 3.48. The number of hydrogen-bond acceptors (Lipinski definition) is 3. The van der Waals surface area contributed by atoms with E-state index < -0.39 is 0 Å². The zero-order chi connectivity index (χ0) is 19.1. The number of fused-ring (bicyclic) bond motifs is 1. The summed E-state index contributed by atoms with van der Waals surface area (Å²) in [5, 5.41) is 0. The second kappa shape index (κ2) is 6.79. The summed E-state index contributed by atoms with van der Waals surface area (Å²) in [5.74, 6) is 0.559. The second-order valence-corrected chi connectivity index (χ2v) is 8.41. The Kier molecular flexibility index (Phi) is 4.83. The van der Waals surface area contributed by atoms with Crippen LogP contribution in [0.25, 0.3) is 0 Å². The minimum absolute atomic E-state index is 0.197. The molecule has 0 spiro atoms. The highest BCUT2D eigenvalue weighted by atomic mass is 15.2. The molecule has 0 aliphatic carbocycles. The first-order chi connectivity index (χ1) is 12.2. The van der Waals surface area contributed by atoms with E-state index in [-0.39, 0.29) is 5.54 Å². The van der Waals surface area contributed by atoms with E-state index in [4.69, 9.17) is 4.99 Å². The molecule has 2 aromatic carbocycles. The zero-order valence-corrected chi connectivity index (χ0v) is 17.2. The van der Waals surface area contributed by atoms with Crippen molar-refractivity contribution >= 4 is 23.3 Å². The van der Waals surface area contributed by atoms with Gasteiger partial charge in [0.05, 0.1) is 5.69 Å². The van der Waals surface area contributed by atoms with Crippen molar-refractivity contribution in [1.82, 2.24) is 0 Å². The summed E-state index contributed by atoms with van der Waals surface area (Å²) >= 11 is 0. The fourth-order valence-corrected chi connectivity index (χ4v) is 3.85. The second-order valence-electron chi connectivity index (χ2n) is 8.41. The lowest BCUT2D eigenvalue weighted by Crippen LogP contribution is -2.45. The number of aliphatic imine (C=N–C) groups is 1. The summed E-state index contributed by atoms with van der Waals surface area (Å²) < 4.78 is 0. The van der Waals surface area contributed by atoms with Crippen LogP contribution >= 0.6 is 0 Å². The van der Waals surface area contributed by atoms with Gasteiger partial charge in [-0.05, 0) is 86.2 Å². The molecule has 26 heavy (non-hydrogen) atoms. The molecule has 0 fully saturated rings. The van der Waals surface area contributed by atoms with Crippen molar-refractivity contribution in [2.45, 2.75) is 45.6 Å². The number of benzene rings is 2. The van der Waals surface area contributed by atoms with Crippen LogP contribution in [0.5, 0.6) is 0 Å². The summed E-state index contributed by atoms with van der Waals surface area (Å²) in [6.07, 6.45) is 3.18. The van der Waals surface area contributed by atoms with E-state index in [2.05, 4.69) is 80.9 Å². The Labute approximate surface area is 158 Å². The molecule has 0 aromatic heterocycles. The smallest absolute Gasteiger partial charge is 0.0631 e. The third-order valence-corrected chi connectivity index (χ3v) is 5.74. The average molecular weight is 350 g/mol. The van der Waals surface area contributed by atoms with Crippen LogP contribution in [0.4, 0.5) is 17.1 Å². The molecule has 0 radical (unpaired) electrons. The van der Waals surface area contributed by atoms with Gasteiger partial charge < -0.3 is 9.80 Å². The monoisotopic (exact) mass is 349 g/mol. The summed E-state index contributed by atoms with van der Waals surface area (Å²) in [6, 6.07) is 13.0. The van der Waals surface area contributed by atoms with Crippen molar-refractivity contribution in [3.8, 4) is 0 Å². The Bertz CT molecular complexity index is 816. The van der Waals surface area contributed by atoms with E-state index in [0.717, 1.165) is 5.69 Å². The summed E-state index contributed by atoms with van der Waals surface area (Å²) in [6.45, 7) is 9.17. The first-order valence-electron chi connectivity index (χ1n) is 9.39. The topological polar surface area (TPSA) is 18.8 Å². The number of nitrogens with zero attached hydrogens (tertiary/aromatic N) is 3. The number of aryl methyl sites for hydroxylation is 1. The van der Waals surface area contributed by atoms with E-state index in [9.17, 15) is 0 Å². The maximum atomic E-state index is 4.70. The van der Waals surface area contributed by atoms with Gasteiger partial charge in [0.25, 0.3) is 0 Å². The molecule has 0 unspecified atom stereocenters. The van der Waals surface area contributed by atoms with Gasteiger partial charge in [-0.15, -0.1) is 0 Å². The predicted molar refractivity (Wildman–Crippen MR) is 115 cm³/mol. The van der Waals surface area contributed by atoms with Gasteiger partial charge in [-0.25, -0.2) is 0 Å². The van der Waals surface area contributed by atoms with Crippen LogP contribution in [-0.2, 0) is 0 Å². The maximum Gasteiger partial charge on any atom is 0.0631 e. The minimum atomic E-state index is 0.197. The highest BCUT2D eigenvalue weighted by Gasteiger charge is 2.34. The zero-order valence-electron chi connectivity index (χ0n) is 17.2. The number of anilines is 2. The molecule has 1 atom stereocenters. The molecule has 0 bridgehead atoms. The van der Waals surface area contributed by atoms with Gasteiger partial charge in [-0.2, -0.15) is 0 Å². The SMILES string of the molecule is Cc1cc2c(cc1C=Nc1ccc(N(C)C)cc1)[C@@H](C)CC(C)(C)N2C. The molecule has 0 N–H and O–H groups in total. The highest BCUT2D eigenvalue weighted by molar-refractivity contribution is 5.86. The lowest BCUT2D eigenvalue weighted by molar-refractivity contribution is 0.395. The first kappa shape index (κ1) is 18.5. The first-order valence-corrected chi connectivity index (χ1v) is 9.39. The molecule has 0 amide bonds. The summed E-state index contributed by atoms with van der Waals surface area (Å²) in [4.78, 5) is 9.23. The molecule has 1 aliphatic heterocycles. The molecule has 3 nitrogen and oxygen atoms in total. The molecule has 2 aromatic rings. The quantitative estimate of drug-likeness (QED) is 0.678. The Hall–Kier alpha value is -2.29. The standard InChI is InChI=1S/C23H31N3/c1-16-12-22-21(17(2)14-23(3,4)26(22)7)13-18(16)15-24-19-8-10-20(11-9-19)25(5)6/h8-13,15,17H,14H2,1-7H3/t17-/m0/s1. The molecule has 3 rings (SSSR count). The van der Waals surface area contributed by atoms with Crippen LogP contribution in [0.1, 0.15) is 49.8 Å². The van der Waals surface area contributed by atoms with Crippen molar-refractivity contribution in [2.24, 2.45) is 4.99 Å². The normalized spacial score (nSPS) is 18.9. The van der Waals surface area contributed by atoms with Crippen molar-refractivity contribution in [3.05, 3.63) is 53.1 Å². The molecule has 3 heteroatoms. The van der Waals surface area contributed by atoms with Crippen molar-refractivity contribution in [3.63, 3.8) is 0 Å². The summed E-state index contributed by atoms with van der Waals surface area (Å²) in [5.41, 5.74) is 7.64. The van der Waals surface area contributed by atoms with Crippen LogP contribution in [0.3, 0.4) is 0 Å². The maximum absolute atomic E-state index is 4.70. The fourth-order valence-electron chi connectivity index (χ4n) is 3.85. The predicted octanol–water partition coefficient (Wildman–Crippen LogP) is 5.53. The Morgan fingerprint density at radius 1 is 1.15 bits per heavy atom.